The van der Waals surface area contributed by atoms with Crippen LogP contribution in [0.4, 0.5) is 26.2 Å². The molecule has 0 atom stereocenters. The number of anilines is 2. The minimum atomic E-state index is -0.539. The third-order valence-electron chi connectivity index (χ3n) is 2.51. The van der Waals surface area contributed by atoms with Crippen molar-refractivity contribution in [3.05, 3.63) is 62.9 Å². The molecule has 0 radical (unpaired) electrons. The monoisotopic (exact) mass is 353 g/mol. The van der Waals surface area contributed by atoms with Gasteiger partial charge in [-0.05, 0) is 46.3 Å². The molecule has 0 heterocycles. The lowest BCUT2D eigenvalue weighted by molar-refractivity contribution is -0.384. The van der Waals surface area contributed by atoms with E-state index in [9.17, 15) is 19.3 Å². The van der Waals surface area contributed by atoms with E-state index in [1.165, 1.54) is 42.5 Å². The lowest BCUT2D eigenvalue weighted by atomic mass is 10.3. The number of benzene rings is 2. The molecule has 0 unspecified atom stereocenters. The fraction of sp³-hybridized carbons (Fsp3) is 0. The number of carbonyl (C=O) groups excluding carboxylic acids is 1. The molecule has 0 aliphatic rings. The Balaban J connectivity index is 2.01. The van der Waals surface area contributed by atoms with E-state index in [2.05, 4.69) is 26.6 Å². The Hall–Kier alpha value is -2.48. The van der Waals surface area contributed by atoms with Crippen LogP contribution in [-0.2, 0) is 0 Å². The summed E-state index contributed by atoms with van der Waals surface area (Å²) in [4.78, 5) is 21.7. The van der Waals surface area contributed by atoms with E-state index in [-0.39, 0.29) is 10.2 Å². The first-order valence-electron chi connectivity index (χ1n) is 5.73. The van der Waals surface area contributed by atoms with Gasteiger partial charge in [-0.25, -0.2) is 9.18 Å². The van der Waals surface area contributed by atoms with Gasteiger partial charge in [0.1, 0.15) is 5.82 Å². The summed E-state index contributed by atoms with van der Waals surface area (Å²) in [5.74, 6) is -0.434. The summed E-state index contributed by atoms with van der Waals surface area (Å²) >= 11 is 3.01. The van der Waals surface area contributed by atoms with Crippen molar-refractivity contribution < 1.29 is 14.1 Å². The van der Waals surface area contributed by atoms with Gasteiger partial charge in [0.05, 0.1) is 9.40 Å². The molecule has 2 N–H and O–H groups in total. The van der Waals surface area contributed by atoms with Gasteiger partial charge < -0.3 is 10.6 Å². The molecule has 0 aliphatic heterocycles. The summed E-state index contributed by atoms with van der Waals surface area (Å²) in [6.45, 7) is 0. The second-order valence-electron chi connectivity index (χ2n) is 4.01. The predicted molar refractivity (Wildman–Crippen MR) is 79.8 cm³/mol. The Morgan fingerprint density at radius 1 is 1.10 bits per heavy atom. The molecule has 2 aromatic carbocycles. The number of nitro benzene ring substituents is 1. The van der Waals surface area contributed by atoms with Crippen molar-refractivity contribution in [3.8, 4) is 0 Å². The van der Waals surface area contributed by atoms with E-state index >= 15 is 0 Å². The van der Waals surface area contributed by atoms with Crippen LogP contribution < -0.4 is 10.6 Å². The highest BCUT2D eigenvalue weighted by atomic mass is 79.9. The van der Waals surface area contributed by atoms with Gasteiger partial charge in [-0.2, -0.15) is 0 Å². The maximum atomic E-state index is 13.1. The molecule has 2 amide bonds. The fourth-order valence-electron chi connectivity index (χ4n) is 1.53. The number of non-ortho nitro benzene ring substituents is 1. The van der Waals surface area contributed by atoms with Crippen molar-refractivity contribution in [2.45, 2.75) is 0 Å². The molecule has 8 heteroatoms. The Labute approximate surface area is 127 Å². The summed E-state index contributed by atoms with van der Waals surface area (Å²) in [7, 11) is 0. The van der Waals surface area contributed by atoms with Crippen LogP contribution in [0, 0.1) is 15.9 Å². The number of urea groups is 1. The summed E-state index contributed by atoms with van der Waals surface area (Å²) in [5, 5.41) is 15.5. The van der Waals surface area contributed by atoms with Crippen molar-refractivity contribution in [1.82, 2.24) is 0 Å². The summed E-state index contributed by atoms with van der Waals surface area (Å²) in [5.41, 5.74) is 0.741. The topological polar surface area (TPSA) is 84.3 Å². The average Bonchev–Trinajstić information content (AvgIpc) is 2.43. The highest BCUT2D eigenvalue weighted by Crippen LogP contribution is 2.20. The SMILES string of the molecule is O=C(Nc1ccc([N+](=O)[O-])cc1)Nc1ccc(F)c(Br)c1. The van der Waals surface area contributed by atoms with Crippen LogP contribution in [-0.4, -0.2) is 11.0 Å². The van der Waals surface area contributed by atoms with Crippen molar-refractivity contribution >= 4 is 39.0 Å². The molecule has 0 spiro atoms. The highest BCUT2D eigenvalue weighted by Gasteiger charge is 2.07. The normalized spacial score (nSPS) is 10.0. The van der Waals surface area contributed by atoms with Crippen LogP contribution in [0.25, 0.3) is 0 Å². The molecule has 108 valence electrons. The van der Waals surface area contributed by atoms with E-state index in [0.717, 1.165) is 0 Å². The number of nitrogens with zero attached hydrogens (tertiary/aromatic N) is 1. The average molecular weight is 354 g/mol. The zero-order valence-corrected chi connectivity index (χ0v) is 12.1. The predicted octanol–water partition coefficient (Wildman–Crippen LogP) is 4.14. The number of nitro groups is 1. The number of hydrogen-bond acceptors (Lipinski definition) is 3. The molecule has 0 aromatic heterocycles. The Bertz CT molecular complexity index is 692. The maximum Gasteiger partial charge on any atom is 0.323 e. The first-order valence-corrected chi connectivity index (χ1v) is 6.52. The van der Waals surface area contributed by atoms with E-state index in [0.29, 0.717) is 11.4 Å². The number of hydrogen-bond donors (Lipinski definition) is 2. The van der Waals surface area contributed by atoms with Crippen LogP contribution in [0.5, 0.6) is 0 Å². The van der Waals surface area contributed by atoms with Gasteiger partial charge in [-0.1, -0.05) is 0 Å². The zero-order chi connectivity index (χ0) is 15.4. The third kappa shape index (κ3) is 3.99. The standard InChI is InChI=1S/C13H9BrFN3O3/c14-11-7-9(3-6-12(11)15)17-13(19)16-8-1-4-10(5-2-8)18(20)21/h1-7H,(H2,16,17,19). The van der Waals surface area contributed by atoms with Gasteiger partial charge in [-0.3, -0.25) is 10.1 Å². The first-order chi connectivity index (χ1) is 9.95. The number of carbonyl (C=O) groups is 1. The highest BCUT2D eigenvalue weighted by molar-refractivity contribution is 9.10. The summed E-state index contributed by atoms with van der Waals surface area (Å²) in [6.07, 6.45) is 0. The van der Waals surface area contributed by atoms with Gasteiger partial charge >= 0.3 is 6.03 Å². The molecule has 2 rings (SSSR count). The smallest absolute Gasteiger partial charge is 0.308 e. The molecular weight excluding hydrogens is 345 g/mol. The number of rotatable bonds is 3. The van der Waals surface area contributed by atoms with Crippen LogP contribution >= 0.6 is 15.9 Å². The molecule has 0 aliphatic carbocycles. The van der Waals surface area contributed by atoms with E-state index < -0.39 is 16.8 Å². The molecule has 0 bridgehead atoms. The summed E-state index contributed by atoms with van der Waals surface area (Å²) in [6, 6.07) is 8.90. The number of nitrogens with one attached hydrogen (secondary N) is 2. The lowest BCUT2D eigenvalue weighted by Gasteiger charge is -2.08. The molecule has 21 heavy (non-hydrogen) atoms. The van der Waals surface area contributed by atoms with E-state index in [1.807, 2.05) is 0 Å². The van der Waals surface area contributed by atoms with Gasteiger partial charge in [0.25, 0.3) is 5.69 Å². The quantitative estimate of drug-likeness (QED) is 0.642. The van der Waals surface area contributed by atoms with Crippen LogP contribution in [0.3, 0.4) is 0 Å². The minimum Gasteiger partial charge on any atom is -0.308 e. The van der Waals surface area contributed by atoms with Gasteiger partial charge in [0.15, 0.2) is 0 Å². The minimum absolute atomic E-state index is 0.0663. The van der Waals surface area contributed by atoms with Crippen LogP contribution in [0.1, 0.15) is 0 Å². The second kappa shape index (κ2) is 6.31. The largest absolute Gasteiger partial charge is 0.323 e. The van der Waals surface area contributed by atoms with Gasteiger partial charge in [0.2, 0.25) is 0 Å². The maximum absolute atomic E-state index is 13.1. The first kappa shape index (κ1) is 14.9. The fourth-order valence-corrected chi connectivity index (χ4v) is 1.91. The molecule has 0 saturated carbocycles. The van der Waals surface area contributed by atoms with Gasteiger partial charge in [0, 0.05) is 23.5 Å². The Morgan fingerprint density at radius 2 is 1.67 bits per heavy atom. The van der Waals surface area contributed by atoms with Crippen molar-refractivity contribution in [2.24, 2.45) is 0 Å². The van der Waals surface area contributed by atoms with Gasteiger partial charge in [-0.15, -0.1) is 0 Å². The van der Waals surface area contributed by atoms with Crippen LogP contribution in [0.15, 0.2) is 46.9 Å². The van der Waals surface area contributed by atoms with E-state index in [1.54, 1.807) is 0 Å². The molecule has 6 nitrogen and oxygen atoms in total. The molecule has 2 aromatic rings. The Morgan fingerprint density at radius 3 is 2.24 bits per heavy atom. The second-order valence-corrected chi connectivity index (χ2v) is 4.87. The lowest BCUT2D eigenvalue weighted by Crippen LogP contribution is -2.19. The molecule has 0 fully saturated rings. The number of halogens is 2. The summed E-state index contributed by atoms with van der Waals surface area (Å²) < 4.78 is 13.3. The molecule has 0 saturated heterocycles. The zero-order valence-electron chi connectivity index (χ0n) is 10.5. The van der Waals surface area contributed by atoms with Crippen molar-refractivity contribution in [3.63, 3.8) is 0 Å². The van der Waals surface area contributed by atoms with Crippen molar-refractivity contribution in [1.29, 1.82) is 0 Å². The van der Waals surface area contributed by atoms with E-state index in [4.69, 9.17) is 0 Å². The Kier molecular flexibility index (Phi) is 4.49. The third-order valence-corrected chi connectivity index (χ3v) is 3.12. The number of amides is 2. The molecular formula is C13H9BrFN3O3. The van der Waals surface area contributed by atoms with Crippen LogP contribution in [0.2, 0.25) is 0 Å². The van der Waals surface area contributed by atoms with Crippen molar-refractivity contribution in [2.75, 3.05) is 10.6 Å².